The van der Waals surface area contributed by atoms with Gasteiger partial charge in [-0.05, 0) is 42.8 Å². The van der Waals surface area contributed by atoms with Gasteiger partial charge in [-0.25, -0.2) is 4.98 Å². The van der Waals surface area contributed by atoms with E-state index in [4.69, 9.17) is 23.2 Å². The number of benzene rings is 2. The van der Waals surface area contributed by atoms with E-state index in [0.29, 0.717) is 0 Å². The van der Waals surface area contributed by atoms with Crippen LogP contribution >= 0.6 is 39.1 Å². The highest BCUT2D eigenvalue weighted by atomic mass is 79.9. The highest BCUT2D eigenvalue weighted by Gasteiger charge is 2.15. The fourth-order valence-electron chi connectivity index (χ4n) is 2.36. The second kappa shape index (κ2) is 5.99. The Kier molecular flexibility index (Phi) is 4.25. The molecule has 1 unspecified atom stereocenters. The number of aromatic nitrogens is 2. The van der Waals surface area contributed by atoms with Crippen LogP contribution in [0.2, 0.25) is 5.02 Å². The third-order valence-electron chi connectivity index (χ3n) is 3.35. The molecule has 0 aliphatic heterocycles. The molecule has 108 valence electrons. The highest BCUT2D eigenvalue weighted by molar-refractivity contribution is 9.10. The maximum Gasteiger partial charge on any atom is 0.128 e. The van der Waals surface area contributed by atoms with Gasteiger partial charge in [0.1, 0.15) is 5.82 Å². The second-order valence-corrected chi connectivity index (χ2v) is 6.94. The van der Waals surface area contributed by atoms with E-state index < -0.39 is 0 Å². The van der Waals surface area contributed by atoms with Crippen LogP contribution in [0.4, 0.5) is 0 Å². The molecular weight excluding hydrogens is 371 g/mol. The van der Waals surface area contributed by atoms with Crippen LogP contribution in [0.3, 0.4) is 0 Å². The van der Waals surface area contributed by atoms with Crippen LogP contribution in [0.15, 0.2) is 46.9 Å². The molecule has 0 radical (unpaired) electrons. The Morgan fingerprint density at radius 2 is 1.90 bits per heavy atom. The van der Waals surface area contributed by atoms with Crippen molar-refractivity contribution >= 4 is 50.2 Å². The summed E-state index contributed by atoms with van der Waals surface area (Å²) >= 11 is 15.7. The van der Waals surface area contributed by atoms with Crippen LogP contribution in [-0.2, 0) is 6.54 Å². The topological polar surface area (TPSA) is 17.8 Å². The predicted octanol–water partition coefficient (Wildman–Crippen LogP) is 5.80. The second-order valence-electron chi connectivity index (χ2n) is 4.93. The summed E-state index contributed by atoms with van der Waals surface area (Å²) in [5.41, 5.74) is 3.19. The summed E-state index contributed by atoms with van der Waals surface area (Å²) in [6.45, 7) is 2.66. The van der Waals surface area contributed by atoms with Crippen molar-refractivity contribution in [3.05, 3.63) is 63.3 Å². The Hall–Kier alpha value is -1.03. The summed E-state index contributed by atoms with van der Waals surface area (Å²) in [6.07, 6.45) is 0. The summed E-state index contributed by atoms with van der Waals surface area (Å²) in [5.74, 6) is 0.875. The number of hydrogen-bond acceptors (Lipinski definition) is 1. The van der Waals surface area contributed by atoms with Crippen molar-refractivity contribution in [1.82, 2.24) is 9.55 Å². The third kappa shape index (κ3) is 3.10. The average molecular weight is 384 g/mol. The molecule has 2 aromatic carbocycles. The van der Waals surface area contributed by atoms with Crippen LogP contribution in [-0.4, -0.2) is 9.55 Å². The lowest BCUT2D eigenvalue weighted by Gasteiger charge is -2.11. The number of hydrogen-bond donors (Lipinski definition) is 0. The summed E-state index contributed by atoms with van der Waals surface area (Å²) in [7, 11) is 0. The van der Waals surface area contributed by atoms with Gasteiger partial charge in [0.25, 0.3) is 0 Å². The van der Waals surface area contributed by atoms with Crippen LogP contribution in [0, 0.1) is 0 Å². The first-order valence-electron chi connectivity index (χ1n) is 6.59. The minimum atomic E-state index is -0.150. The first-order valence-corrected chi connectivity index (χ1v) is 8.19. The van der Waals surface area contributed by atoms with Crippen molar-refractivity contribution < 1.29 is 0 Å². The highest BCUT2D eigenvalue weighted by Crippen LogP contribution is 2.27. The summed E-state index contributed by atoms with van der Waals surface area (Å²) in [4.78, 5) is 4.66. The zero-order chi connectivity index (χ0) is 15.0. The van der Waals surface area contributed by atoms with Crippen LogP contribution < -0.4 is 0 Å². The Morgan fingerprint density at radius 1 is 1.19 bits per heavy atom. The van der Waals surface area contributed by atoms with Crippen molar-refractivity contribution in [3.63, 3.8) is 0 Å². The van der Waals surface area contributed by atoms with Gasteiger partial charge in [0.2, 0.25) is 0 Å². The number of rotatable bonds is 3. The number of imidazole rings is 1. The zero-order valence-corrected chi connectivity index (χ0v) is 14.5. The molecule has 0 spiro atoms. The molecule has 1 aromatic heterocycles. The number of nitrogens with zero attached hydrogens (tertiary/aromatic N) is 2. The molecule has 3 rings (SSSR count). The summed E-state index contributed by atoms with van der Waals surface area (Å²) in [5, 5.41) is 0.590. The molecule has 1 atom stereocenters. The molecule has 0 amide bonds. The average Bonchev–Trinajstić information content (AvgIpc) is 2.79. The molecule has 5 heteroatoms. The largest absolute Gasteiger partial charge is 0.322 e. The zero-order valence-electron chi connectivity index (χ0n) is 11.4. The van der Waals surface area contributed by atoms with Crippen LogP contribution in [0.25, 0.3) is 11.0 Å². The maximum absolute atomic E-state index is 6.29. The fourth-order valence-corrected chi connectivity index (χ4v) is 3.01. The minimum Gasteiger partial charge on any atom is -0.322 e. The lowest BCUT2D eigenvalue weighted by Crippen LogP contribution is -2.05. The van der Waals surface area contributed by atoms with E-state index in [0.717, 1.165) is 32.9 Å². The van der Waals surface area contributed by atoms with Gasteiger partial charge in [-0.2, -0.15) is 0 Å². The standard InChI is InChI=1S/C16H13BrCl2N2/c1-10(18)16-20-14-8-12(17)4-7-15(14)21(16)9-11-2-5-13(19)6-3-11/h2-8,10H,9H2,1H3. The van der Waals surface area contributed by atoms with E-state index in [1.165, 1.54) is 5.56 Å². The van der Waals surface area contributed by atoms with Crippen molar-refractivity contribution in [1.29, 1.82) is 0 Å². The van der Waals surface area contributed by atoms with Crippen molar-refractivity contribution in [2.24, 2.45) is 0 Å². The summed E-state index contributed by atoms with van der Waals surface area (Å²) < 4.78 is 3.17. The van der Waals surface area contributed by atoms with E-state index in [-0.39, 0.29) is 5.38 Å². The maximum atomic E-state index is 6.29. The van der Waals surface area contributed by atoms with Crippen LogP contribution in [0.1, 0.15) is 23.7 Å². The molecule has 1 heterocycles. The molecule has 0 bridgehead atoms. The SMILES string of the molecule is CC(Cl)c1nc2cc(Br)ccc2n1Cc1ccc(Cl)cc1. The molecule has 21 heavy (non-hydrogen) atoms. The van der Waals surface area contributed by atoms with E-state index in [1.807, 2.05) is 43.3 Å². The van der Waals surface area contributed by atoms with Crippen molar-refractivity contribution in [3.8, 4) is 0 Å². The first-order chi connectivity index (χ1) is 10.0. The molecule has 0 aliphatic rings. The molecule has 0 saturated carbocycles. The van der Waals surface area contributed by atoms with Gasteiger partial charge in [-0.1, -0.05) is 39.7 Å². The van der Waals surface area contributed by atoms with Crippen LogP contribution in [0.5, 0.6) is 0 Å². The van der Waals surface area contributed by atoms with Gasteiger partial charge >= 0.3 is 0 Å². The Labute approximate surface area is 141 Å². The van der Waals surface area contributed by atoms with E-state index >= 15 is 0 Å². The lowest BCUT2D eigenvalue weighted by molar-refractivity contribution is 0.742. The summed E-state index contributed by atoms with van der Waals surface area (Å²) in [6, 6.07) is 13.9. The molecule has 0 aliphatic carbocycles. The van der Waals surface area contributed by atoms with Crippen molar-refractivity contribution in [2.75, 3.05) is 0 Å². The molecule has 2 nitrogen and oxygen atoms in total. The smallest absolute Gasteiger partial charge is 0.128 e. The monoisotopic (exact) mass is 382 g/mol. The predicted molar refractivity (Wildman–Crippen MR) is 92.3 cm³/mol. The number of halogens is 3. The Bertz CT molecular complexity index is 779. The normalized spacial score (nSPS) is 12.8. The molecular formula is C16H13BrCl2N2. The lowest BCUT2D eigenvalue weighted by atomic mass is 10.2. The first kappa shape index (κ1) is 14.9. The molecule has 0 N–H and O–H groups in total. The van der Waals surface area contributed by atoms with Gasteiger partial charge in [-0.3, -0.25) is 0 Å². The molecule has 3 aromatic rings. The number of alkyl halides is 1. The van der Waals surface area contributed by atoms with Crippen molar-refractivity contribution in [2.45, 2.75) is 18.8 Å². The van der Waals surface area contributed by atoms with Gasteiger partial charge in [0.05, 0.1) is 16.4 Å². The minimum absolute atomic E-state index is 0.150. The van der Waals surface area contributed by atoms with E-state index in [1.54, 1.807) is 0 Å². The Balaban J connectivity index is 2.10. The third-order valence-corrected chi connectivity index (χ3v) is 4.29. The Morgan fingerprint density at radius 3 is 2.57 bits per heavy atom. The van der Waals surface area contributed by atoms with Gasteiger partial charge in [0, 0.05) is 16.0 Å². The fraction of sp³-hybridized carbons (Fsp3) is 0.188. The molecule has 0 saturated heterocycles. The van der Waals surface area contributed by atoms with E-state index in [2.05, 4.69) is 31.5 Å². The van der Waals surface area contributed by atoms with Gasteiger partial charge in [0.15, 0.2) is 0 Å². The molecule has 0 fully saturated rings. The van der Waals surface area contributed by atoms with E-state index in [9.17, 15) is 0 Å². The quantitative estimate of drug-likeness (QED) is 0.522. The van der Waals surface area contributed by atoms with Gasteiger partial charge < -0.3 is 4.57 Å². The van der Waals surface area contributed by atoms with Gasteiger partial charge in [-0.15, -0.1) is 11.6 Å². The number of fused-ring (bicyclic) bond motifs is 1.